The van der Waals surface area contributed by atoms with Crippen molar-refractivity contribution in [1.82, 2.24) is 0 Å². The van der Waals surface area contributed by atoms with Crippen molar-refractivity contribution in [1.29, 1.82) is 0 Å². The van der Waals surface area contributed by atoms with E-state index in [2.05, 4.69) is 13.2 Å². The summed E-state index contributed by atoms with van der Waals surface area (Å²) < 4.78 is 64.4. The van der Waals surface area contributed by atoms with Crippen LogP contribution in [0.2, 0.25) is 0 Å². The molecule has 0 radical (unpaired) electrons. The molecule has 0 aromatic carbocycles. The fourth-order valence-electron chi connectivity index (χ4n) is 1.78. The Morgan fingerprint density at radius 3 is 2.05 bits per heavy atom. The van der Waals surface area contributed by atoms with E-state index in [0.717, 1.165) is 17.8 Å². The van der Waals surface area contributed by atoms with Gasteiger partial charge in [0.15, 0.2) is 10.1 Å². The SMILES string of the molecule is CCOC[S+](C)C1CCCCC1.O=S(=O)([O-])C(F)(F)F. The van der Waals surface area contributed by atoms with E-state index in [1.165, 1.54) is 32.1 Å². The molecule has 0 aromatic heterocycles. The molecular formula is C11H21F3O4S2. The molecule has 9 heteroatoms. The van der Waals surface area contributed by atoms with E-state index in [1.54, 1.807) is 0 Å². The summed E-state index contributed by atoms with van der Waals surface area (Å²) in [6.45, 7) is 2.96. The molecule has 0 amide bonds. The largest absolute Gasteiger partial charge is 0.741 e. The smallest absolute Gasteiger partial charge is 0.485 e. The predicted molar refractivity (Wildman–Crippen MR) is 72.4 cm³/mol. The van der Waals surface area contributed by atoms with Gasteiger partial charge in [0.2, 0.25) is 5.94 Å². The van der Waals surface area contributed by atoms with E-state index >= 15 is 0 Å². The van der Waals surface area contributed by atoms with Crippen molar-refractivity contribution in [3.63, 3.8) is 0 Å². The second-order valence-corrected chi connectivity index (χ2v) is 8.12. The van der Waals surface area contributed by atoms with E-state index in [0.29, 0.717) is 10.9 Å². The first-order valence-electron chi connectivity index (χ1n) is 6.30. The second-order valence-electron chi connectivity index (χ2n) is 4.46. The Morgan fingerprint density at radius 1 is 1.25 bits per heavy atom. The predicted octanol–water partition coefficient (Wildman–Crippen LogP) is 2.61. The molecule has 0 N–H and O–H groups in total. The molecule has 0 aliphatic heterocycles. The Labute approximate surface area is 121 Å². The Morgan fingerprint density at radius 2 is 1.70 bits per heavy atom. The van der Waals surface area contributed by atoms with Crippen molar-refractivity contribution in [2.75, 3.05) is 18.8 Å². The lowest BCUT2D eigenvalue weighted by atomic mass is 10.0. The van der Waals surface area contributed by atoms with Crippen LogP contribution in [0.3, 0.4) is 0 Å². The van der Waals surface area contributed by atoms with E-state index < -0.39 is 15.6 Å². The number of ether oxygens (including phenoxy) is 1. The molecule has 1 fully saturated rings. The lowest BCUT2D eigenvalue weighted by Crippen LogP contribution is -2.26. The van der Waals surface area contributed by atoms with Crippen LogP contribution in [0, 0.1) is 0 Å². The van der Waals surface area contributed by atoms with Crippen molar-refractivity contribution >= 4 is 21.0 Å². The van der Waals surface area contributed by atoms with Crippen LogP contribution in [-0.2, 0) is 25.7 Å². The summed E-state index contributed by atoms with van der Waals surface area (Å²) in [6, 6.07) is 0. The molecule has 1 unspecified atom stereocenters. The molecule has 0 heterocycles. The van der Waals surface area contributed by atoms with Gasteiger partial charge in [-0.25, -0.2) is 8.42 Å². The molecule has 1 atom stereocenters. The van der Waals surface area contributed by atoms with E-state index in [1.807, 2.05) is 0 Å². The van der Waals surface area contributed by atoms with E-state index in [4.69, 9.17) is 17.7 Å². The standard InChI is InChI=1S/C10H21OS.CHF3O3S/c1-3-11-9-12(2)10-7-5-4-6-8-10;2-1(3,4)8(5,6)7/h10H,3-9H2,1-2H3;(H,5,6,7)/q+1;/p-1. The molecule has 4 nitrogen and oxygen atoms in total. The summed E-state index contributed by atoms with van der Waals surface area (Å²) in [4.78, 5) is 0. The minimum absolute atomic E-state index is 0.521. The quantitative estimate of drug-likeness (QED) is 0.449. The summed E-state index contributed by atoms with van der Waals surface area (Å²) in [5, 5.41) is 0.977. The first-order chi connectivity index (χ1) is 9.09. The molecular weight excluding hydrogens is 317 g/mol. The highest BCUT2D eigenvalue weighted by Gasteiger charge is 2.36. The van der Waals surface area contributed by atoms with Gasteiger partial charge in [-0.3, -0.25) is 0 Å². The van der Waals surface area contributed by atoms with Gasteiger partial charge in [0.05, 0.1) is 0 Å². The van der Waals surface area contributed by atoms with Gasteiger partial charge < -0.3 is 9.29 Å². The molecule has 1 aliphatic carbocycles. The molecule has 0 bridgehead atoms. The maximum Gasteiger partial charge on any atom is 0.485 e. The number of rotatable bonds is 4. The Balaban J connectivity index is 0.000000396. The van der Waals surface area contributed by atoms with Gasteiger partial charge in [0.25, 0.3) is 0 Å². The van der Waals surface area contributed by atoms with Gasteiger partial charge in [-0.15, -0.1) is 0 Å². The molecule has 0 saturated heterocycles. The van der Waals surface area contributed by atoms with Gasteiger partial charge in [-0.2, -0.15) is 13.2 Å². The Bertz CT molecular complexity index is 351. The van der Waals surface area contributed by atoms with Crippen molar-refractivity contribution in [2.45, 2.75) is 49.8 Å². The summed E-state index contributed by atoms with van der Waals surface area (Å²) in [5.41, 5.74) is -5.65. The van der Waals surface area contributed by atoms with Gasteiger partial charge >= 0.3 is 5.51 Å². The first-order valence-corrected chi connectivity index (χ1v) is 9.58. The van der Waals surface area contributed by atoms with Crippen LogP contribution < -0.4 is 0 Å². The zero-order chi connectivity index (χ0) is 15.8. The third-order valence-electron chi connectivity index (χ3n) is 2.88. The average Bonchev–Trinajstić information content (AvgIpc) is 2.35. The fraction of sp³-hybridized carbons (Fsp3) is 1.00. The van der Waals surface area contributed by atoms with Crippen molar-refractivity contribution in [2.24, 2.45) is 0 Å². The first kappa shape index (κ1) is 20.0. The van der Waals surface area contributed by atoms with Crippen LogP contribution in [0.5, 0.6) is 0 Å². The number of hydrogen-bond donors (Lipinski definition) is 0. The molecule has 1 aliphatic rings. The minimum atomic E-state index is -6.09. The number of alkyl halides is 3. The summed E-state index contributed by atoms with van der Waals surface area (Å²) in [6.07, 6.45) is 9.63. The zero-order valence-corrected chi connectivity index (χ0v) is 13.2. The van der Waals surface area contributed by atoms with Crippen LogP contribution in [0.4, 0.5) is 13.2 Å². The monoisotopic (exact) mass is 338 g/mol. The topological polar surface area (TPSA) is 66.4 Å². The van der Waals surface area contributed by atoms with Crippen LogP contribution in [0.1, 0.15) is 39.0 Å². The molecule has 0 aromatic rings. The highest BCUT2D eigenvalue weighted by atomic mass is 32.2. The molecule has 1 saturated carbocycles. The summed E-state index contributed by atoms with van der Waals surface area (Å²) >= 11 is 0. The Kier molecular flexibility index (Phi) is 9.12. The maximum absolute atomic E-state index is 10.7. The minimum Gasteiger partial charge on any atom is -0.741 e. The molecule has 0 spiro atoms. The third kappa shape index (κ3) is 8.33. The molecule has 1 rings (SSSR count). The van der Waals surface area contributed by atoms with Gasteiger partial charge in [-0.05, 0) is 32.6 Å². The molecule has 20 heavy (non-hydrogen) atoms. The zero-order valence-electron chi connectivity index (χ0n) is 11.6. The average molecular weight is 338 g/mol. The van der Waals surface area contributed by atoms with Gasteiger partial charge in [0, 0.05) is 17.5 Å². The van der Waals surface area contributed by atoms with Crippen LogP contribution >= 0.6 is 0 Å². The van der Waals surface area contributed by atoms with Crippen LogP contribution in [-0.4, -0.2) is 42.5 Å². The second kappa shape index (κ2) is 9.11. The Hall–Kier alpha value is 0.01000. The fourth-order valence-corrected chi connectivity index (χ4v) is 3.54. The summed E-state index contributed by atoms with van der Waals surface area (Å²) in [7, 11) is -5.57. The van der Waals surface area contributed by atoms with E-state index in [9.17, 15) is 13.2 Å². The van der Waals surface area contributed by atoms with Crippen LogP contribution in [0.15, 0.2) is 0 Å². The normalized spacial score (nSPS) is 19.1. The van der Waals surface area contributed by atoms with Crippen molar-refractivity contribution < 1.29 is 30.9 Å². The highest BCUT2D eigenvalue weighted by molar-refractivity contribution is 7.96. The lowest BCUT2D eigenvalue weighted by molar-refractivity contribution is -0.0517. The highest BCUT2D eigenvalue weighted by Crippen LogP contribution is 2.24. The van der Waals surface area contributed by atoms with Crippen molar-refractivity contribution in [3.8, 4) is 0 Å². The van der Waals surface area contributed by atoms with Gasteiger partial charge in [0.1, 0.15) is 11.5 Å². The third-order valence-corrected chi connectivity index (χ3v) is 5.59. The number of hydrogen-bond acceptors (Lipinski definition) is 4. The molecule has 122 valence electrons. The van der Waals surface area contributed by atoms with E-state index in [-0.39, 0.29) is 0 Å². The lowest BCUT2D eigenvalue weighted by Gasteiger charge is -2.20. The van der Waals surface area contributed by atoms with Crippen molar-refractivity contribution in [3.05, 3.63) is 0 Å². The maximum atomic E-state index is 10.7. The number of halogens is 3. The van der Waals surface area contributed by atoms with Gasteiger partial charge in [-0.1, -0.05) is 6.42 Å². The summed E-state index contributed by atoms with van der Waals surface area (Å²) in [5.74, 6) is 1.00. The van der Waals surface area contributed by atoms with Crippen LogP contribution in [0.25, 0.3) is 0 Å².